The van der Waals surface area contributed by atoms with Crippen molar-refractivity contribution in [3.63, 3.8) is 0 Å². The Morgan fingerprint density at radius 3 is 2.65 bits per heavy atom. The van der Waals surface area contributed by atoms with Crippen LogP contribution in [0.1, 0.15) is 54.0 Å². The molecule has 1 fully saturated rings. The van der Waals surface area contributed by atoms with Gasteiger partial charge in [0.1, 0.15) is 12.2 Å². The number of amides is 2. The Labute approximate surface area is 152 Å². The van der Waals surface area contributed by atoms with E-state index in [4.69, 9.17) is 17.3 Å². The van der Waals surface area contributed by atoms with Crippen molar-refractivity contribution in [3.05, 3.63) is 28.3 Å². The second-order valence-corrected chi connectivity index (χ2v) is 6.35. The number of hydrogen-bond acceptors (Lipinski definition) is 4. The summed E-state index contributed by atoms with van der Waals surface area (Å²) >= 11 is 6.02. The molecule has 2 aromatic rings. The monoisotopic (exact) mass is 386 g/mol. The normalized spacial score (nSPS) is 14.0. The molecule has 0 bridgehead atoms. The fourth-order valence-electron chi connectivity index (χ4n) is 2.66. The molecule has 140 valence electrons. The fourth-order valence-corrected chi connectivity index (χ4v) is 3.03. The van der Waals surface area contributed by atoms with Crippen LogP contribution in [-0.4, -0.2) is 31.4 Å². The Bertz CT molecular complexity index is 859. The van der Waals surface area contributed by atoms with Crippen LogP contribution in [0.15, 0.2) is 6.20 Å². The van der Waals surface area contributed by atoms with Crippen LogP contribution in [-0.2, 0) is 17.9 Å². The van der Waals surface area contributed by atoms with Crippen molar-refractivity contribution in [3.8, 4) is 0 Å². The number of aromatic nitrogens is 4. The number of aryl methyl sites for hydroxylation is 1. The maximum atomic E-state index is 13.0. The minimum absolute atomic E-state index is 0.0272. The third kappa shape index (κ3) is 3.55. The maximum Gasteiger partial charge on any atom is 0.283 e. The molecular formula is C15H17ClF2N6O2. The summed E-state index contributed by atoms with van der Waals surface area (Å²) in [6, 6.07) is 0. The summed E-state index contributed by atoms with van der Waals surface area (Å²) in [5, 5.41) is 10.2. The topological polar surface area (TPSA) is 108 Å². The average molecular weight is 387 g/mol. The summed E-state index contributed by atoms with van der Waals surface area (Å²) in [7, 11) is 0. The Kier molecular flexibility index (Phi) is 4.94. The lowest BCUT2D eigenvalue weighted by Crippen LogP contribution is -2.23. The molecule has 0 unspecified atom stereocenters. The SMILES string of the molecule is CCn1cc(NC(=O)Cn2nc(C(F)F)c(Cl)c2C2CC2)c(C(N)=O)n1. The highest BCUT2D eigenvalue weighted by atomic mass is 35.5. The van der Waals surface area contributed by atoms with Crippen LogP contribution in [0.4, 0.5) is 14.5 Å². The molecule has 0 saturated heterocycles. The number of carbonyl (C=O) groups is 2. The fraction of sp³-hybridized carbons (Fsp3) is 0.467. The first kappa shape index (κ1) is 18.3. The van der Waals surface area contributed by atoms with Gasteiger partial charge >= 0.3 is 0 Å². The number of hydrogen-bond donors (Lipinski definition) is 2. The standard InChI is InChI=1S/C15H17ClF2N6O2/c1-2-23-5-8(11(21-23)15(19)26)20-9(25)6-24-13(7-3-4-7)10(16)12(22-24)14(17)18/h5,7,14H,2-4,6H2,1H3,(H2,19,26)(H,20,25). The highest BCUT2D eigenvalue weighted by Crippen LogP contribution is 2.45. The second kappa shape index (κ2) is 7.02. The van der Waals surface area contributed by atoms with Gasteiger partial charge in [-0.2, -0.15) is 10.2 Å². The molecule has 0 radical (unpaired) electrons. The van der Waals surface area contributed by atoms with E-state index in [1.54, 1.807) is 0 Å². The van der Waals surface area contributed by atoms with Crippen molar-refractivity contribution in [2.75, 3.05) is 5.32 Å². The lowest BCUT2D eigenvalue weighted by atomic mass is 10.2. The van der Waals surface area contributed by atoms with E-state index in [2.05, 4.69) is 15.5 Å². The molecule has 0 aliphatic heterocycles. The van der Waals surface area contributed by atoms with E-state index in [1.807, 2.05) is 6.92 Å². The predicted molar refractivity (Wildman–Crippen MR) is 89.2 cm³/mol. The number of rotatable bonds is 7. The van der Waals surface area contributed by atoms with E-state index in [0.717, 1.165) is 12.8 Å². The van der Waals surface area contributed by atoms with Crippen molar-refractivity contribution in [2.24, 2.45) is 5.73 Å². The van der Waals surface area contributed by atoms with Gasteiger partial charge in [0, 0.05) is 18.7 Å². The Hall–Kier alpha value is -2.49. The number of anilines is 1. The second-order valence-electron chi connectivity index (χ2n) is 5.98. The first-order valence-corrected chi connectivity index (χ1v) is 8.40. The van der Waals surface area contributed by atoms with E-state index in [-0.39, 0.29) is 28.9 Å². The Morgan fingerprint density at radius 2 is 2.12 bits per heavy atom. The molecule has 2 aromatic heterocycles. The van der Waals surface area contributed by atoms with E-state index in [0.29, 0.717) is 12.2 Å². The number of nitrogens with two attached hydrogens (primary N) is 1. The van der Waals surface area contributed by atoms with E-state index in [1.165, 1.54) is 15.6 Å². The molecule has 2 amide bonds. The summed E-state index contributed by atoms with van der Waals surface area (Å²) < 4.78 is 28.7. The van der Waals surface area contributed by atoms with Gasteiger partial charge in [-0.3, -0.25) is 19.0 Å². The number of nitrogens with zero attached hydrogens (tertiary/aromatic N) is 4. The minimum atomic E-state index is -2.83. The van der Waals surface area contributed by atoms with E-state index >= 15 is 0 Å². The Morgan fingerprint density at radius 1 is 1.42 bits per heavy atom. The summed E-state index contributed by atoms with van der Waals surface area (Å²) in [5.41, 5.74) is 5.25. The average Bonchev–Trinajstić information content (AvgIpc) is 3.22. The molecule has 26 heavy (non-hydrogen) atoms. The summed E-state index contributed by atoms with van der Waals surface area (Å²) in [5.74, 6) is -1.31. The van der Waals surface area contributed by atoms with Gasteiger partial charge in [0.05, 0.1) is 16.4 Å². The van der Waals surface area contributed by atoms with Gasteiger partial charge in [-0.15, -0.1) is 0 Å². The number of halogens is 3. The summed E-state index contributed by atoms with van der Waals surface area (Å²) in [6.45, 7) is 1.98. The first-order valence-electron chi connectivity index (χ1n) is 8.03. The Balaban J connectivity index is 1.82. The molecule has 1 aliphatic rings. The largest absolute Gasteiger partial charge is 0.364 e. The molecule has 0 spiro atoms. The molecule has 0 aromatic carbocycles. The van der Waals surface area contributed by atoms with Crippen LogP contribution < -0.4 is 11.1 Å². The van der Waals surface area contributed by atoms with Gasteiger partial charge in [0.25, 0.3) is 12.3 Å². The van der Waals surface area contributed by atoms with Crippen LogP contribution in [0.3, 0.4) is 0 Å². The molecule has 3 rings (SSSR count). The van der Waals surface area contributed by atoms with Gasteiger partial charge in [0.2, 0.25) is 5.91 Å². The van der Waals surface area contributed by atoms with Crippen LogP contribution in [0.25, 0.3) is 0 Å². The third-order valence-corrected chi connectivity index (χ3v) is 4.40. The molecule has 1 aliphatic carbocycles. The van der Waals surface area contributed by atoms with Crippen molar-refractivity contribution in [1.29, 1.82) is 0 Å². The number of alkyl halides is 2. The van der Waals surface area contributed by atoms with Gasteiger partial charge < -0.3 is 11.1 Å². The van der Waals surface area contributed by atoms with E-state index in [9.17, 15) is 18.4 Å². The minimum Gasteiger partial charge on any atom is -0.364 e. The quantitative estimate of drug-likeness (QED) is 0.761. The zero-order valence-electron chi connectivity index (χ0n) is 13.9. The van der Waals surface area contributed by atoms with Crippen LogP contribution >= 0.6 is 11.6 Å². The van der Waals surface area contributed by atoms with E-state index < -0.39 is 23.9 Å². The zero-order chi connectivity index (χ0) is 19.0. The summed E-state index contributed by atoms with van der Waals surface area (Å²) in [6.07, 6.45) is 0.268. The smallest absolute Gasteiger partial charge is 0.283 e. The predicted octanol–water partition coefficient (Wildman–Crippen LogP) is 2.31. The van der Waals surface area contributed by atoms with Crippen LogP contribution in [0.2, 0.25) is 5.02 Å². The van der Waals surface area contributed by atoms with Crippen molar-refractivity contribution >= 4 is 29.1 Å². The molecule has 2 heterocycles. The van der Waals surface area contributed by atoms with Gasteiger partial charge in [-0.25, -0.2) is 8.78 Å². The first-order chi connectivity index (χ1) is 12.3. The number of nitrogens with one attached hydrogen (secondary N) is 1. The highest BCUT2D eigenvalue weighted by Gasteiger charge is 2.34. The van der Waals surface area contributed by atoms with Gasteiger partial charge in [-0.1, -0.05) is 11.6 Å². The lowest BCUT2D eigenvalue weighted by molar-refractivity contribution is -0.117. The summed E-state index contributed by atoms with van der Waals surface area (Å²) in [4.78, 5) is 23.8. The molecule has 0 atom stereocenters. The van der Waals surface area contributed by atoms with Crippen molar-refractivity contribution in [2.45, 2.75) is 45.2 Å². The highest BCUT2D eigenvalue weighted by molar-refractivity contribution is 6.32. The zero-order valence-corrected chi connectivity index (χ0v) is 14.6. The van der Waals surface area contributed by atoms with Gasteiger partial charge in [-0.05, 0) is 19.8 Å². The molecular weight excluding hydrogens is 370 g/mol. The molecule has 3 N–H and O–H groups in total. The van der Waals surface area contributed by atoms with Crippen molar-refractivity contribution < 1.29 is 18.4 Å². The molecule has 11 heteroatoms. The van der Waals surface area contributed by atoms with Crippen LogP contribution in [0.5, 0.6) is 0 Å². The van der Waals surface area contributed by atoms with Crippen LogP contribution in [0, 0.1) is 0 Å². The maximum absolute atomic E-state index is 13.0. The molecule has 8 nitrogen and oxygen atoms in total. The third-order valence-electron chi connectivity index (χ3n) is 4.01. The van der Waals surface area contributed by atoms with Gasteiger partial charge in [0.15, 0.2) is 5.69 Å². The van der Waals surface area contributed by atoms with Crippen molar-refractivity contribution in [1.82, 2.24) is 19.6 Å². The number of carbonyl (C=O) groups excluding carboxylic acids is 2. The lowest BCUT2D eigenvalue weighted by Gasteiger charge is -2.07. The number of primary amides is 1. The molecule has 1 saturated carbocycles.